The number of hydrogen-bond donors (Lipinski definition) is 0. The quantitative estimate of drug-likeness (QED) is 0.572. The van der Waals surface area contributed by atoms with Crippen LogP contribution < -0.4 is 0 Å². The van der Waals surface area contributed by atoms with Gasteiger partial charge in [-0.25, -0.2) is 0 Å². The van der Waals surface area contributed by atoms with E-state index < -0.39 is 0 Å². The molecule has 0 saturated carbocycles. The van der Waals surface area contributed by atoms with E-state index in [0.717, 1.165) is 11.1 Å². The molecule has 0 amide bonds. The van der Waals surface area contributed by atoms with Gasteiger partial charge in [0.25, 0.3) is 0 Å². The third-order valence-corrected chi connectivity index (χ3v) is 2.01. The number of benzene rings is 1. The first-order valence-electron chi connectivity index (χ1n) is 3.66. The lowest BCUT2D eigenvalue weighted by molar-refractivity contribution is 0.469. The molecule has 1 aromatic rings. The largest absolute Gasteiger partial charge is 0.250 e. The summed E-state index contributed by atoms with van der Waals surface area (Å²) in [7, 11) is 0. The zero-order valence-corrected chi connectivity index (χ0v) is 6.05. The monoisotopic (exact) mass is 147 g/mol. The molecule has 0 aliphatic heterocycles. The van der Waals surface area contributed by atoms with Crippen LogP contribution in [0.25, 0.3) is 6.08 Å². The highest BCUT2D eigenvalue weighted by Gasteiger charge is 2.15. The molecule has 55 valence electrons. The summed E-state index contributed by atoms with van der Waals surface area (Å²) >= 11 is 0. The van der Waals surface area contributed by atoms with Gasteiger partial charge in [-0.2, -0.15) is 0 Å². The number of halogens is 1. The van der Waals surface area contributed by atoms with Crippen LogP contribution in [0.3, 0.4) is 0 Å². The zero-order valence-electron chi connectivity index (χ0n) is 6.05. The van der Waals surface area contributed by atoms with Crippen LogP contribution in [-0.4, -0.2) is 6.67 Å². The van der Waals surface area contributed by atoms with E-state index in [2.05, 4.69) is 6.07 Å². The fraction of sp³-hybridized carbons (Fsp3) is 0.200. The van der Waals surface area contributed by atoms with Gasteiger partial charge in [-0.1, -0.05) is 24.3 Å². The first-order chi connectivity index (χ1) is 5.42. The van der Waals surface area contributed by atoms with E-state index >= 15 is 0 Å². The van der Waals surface area contributed by atoms with Crippen LogP contribution in [0.2, 0.25) is 0 Å². The lowest BCUT2D eigenvalue weighted by atomic mass is 10.0. The average molecular weight is 147 g/mol. The molecule has 1 atom stereocenters. The molecule has 1 aliphatic carbocycles. The summed E-state index contributed by atoms with van der Waals surface area (Å²) in [6.45, 7) is -0.298. The Morgan fingerprint density at radius 3 is 3.27 bits per heavy atom. The highest BCUT2D eigenvalue weighted by Crippen LogP contribution is 2.29. The summed E-state index contributed by atoms with van der Waals surface area (Å²) in [6.07, 6.45) is 3.86. The Hall–Kier alpha value is -1.11. The second kappa shape index (κ2) is 2.50. The van der Waals surface area contributed by atoms with E-state index in [1.54, 1.807) is 0 Å². The molecule has 2 rings (SSSR count). The van der Waals surface area contributed by atoms with Crippen molar-refractivity contribution in [2.24, 2.45) is 0 Å². The molecule has 1 aromatic carbocycles. The number of rotatable bonds is 1. The standard InChI is InChI=1S/C10H8F/c11-7-9-6-5-8-3-1-2-4-10(8)9/h2-6,9H,7H2. The summed E-state index contributed by atoms with van der Waals surface area (Å²) in [5.74, 6) is -0.0143. The molecule has 0 saturated heterocycles. The topological polar surface area (TPSA) is 0 Å². The van der Waals surface area contributed by atoms with Crippen LogP contribution in [0, 0.1) is 6.07 Å². The van der Waals surface area contributed by atoms with Crippen LogP contribution >= 0.6 is 0 Å². The van der Waals surface area contributed by atoms with Gasteiger partial charge in [-0.3, -0.25) is 4.39 Å². The van der Waals surface area contributed by atoms with Crippen molar-refractivity contribution in [3.63, 3.8) is 0 Å². The summed E-state index contributed by atoms with van der Waals surface area (Å²) < 4.78 is 12.3. The van der Waals surface area contributed by atoms with Gasteiger partial charge < -0.3 is 0 Å². The Morgan fingerprint density at radius 1 is 1.55 bits per heavy atom. The van der Waals surface area contributed by atoms with Crippen molar-refractivity contribution in [3.05, 3.63) is 41.5 Å². The maximum absolute atomic E-state index is 12.3. The molecule has 1 heteroatoms. The van der Waals surface area contributed by atoms with E-state index in [4.69, 9.17) is 0 Å². The highest BCUT2D eigenvalue weighted by molar-refractivity contribution is 5.62. The second-order valence-electron chi connectivity index (χ2n) is 2.67. The number of fused-ring (bicyclic) bond motifs is 1. The molecular weight excluding hydrogens is 139 g/mol. The third-order valence-electron chi connectivity index (χ3n) is 2.01. The van der Waals surface area contributed by atoms with Crippen LogP contribution in [0.15, 0.2) is 24.3 Å². The summed E-state index contributed by atoms with van der Waals surface area (Å²) in [5, 5.41) is 0. The minimum atomic E-state index is -0.298. The summed E-state index contributed by atoms with van der Waals surface area (Å²) in [5.41, 5.74) is 2.20. The van der Waals surface area contributed by atoms with Gasteiger partial charge in [0.1, 0.15) is 0 Å². The van der Waals surface area contributed by atoms with Crippen molar-refractivity contribution in [2.75, 3.05) is 6.67 Å². The molecular formula is C10H8F. The molecule has 11 heavy (non-hydrogen) atoms. The van der Waals surface area contributed by atoms with E-state index in [9.17, 15) is 4.39 Å². The predicted molar refractivity (Wildman–Crippen MR) is 43.0 cm³/mol. The fourth-order valence-corrected chi connectivity index (χ4v) is 1.40. The average Bonchev–Trinajstić information content (AvgIpc) is 2.47. The van der Waals surface area contributed by atoms with Gasteiger partial charge in [0.15, 0.2) is 0 Å². The maximum atomic E-state index is 12.3. The second-order valence-corrected chi connectivity index (χ2v) is 2.67. The van der Waals surface area contributed by atoms with Crippen molar-refractivity contribution in [3.8, 4) is 0 Å². The fourth-order valence-electron chi connectivity index (χ4n) is 1.40. The summed E-state index contributed by atoms with van der Waals surface area (Å²) in [6, 6.07) is 8.61. The van der Waals surface area contributed by atoms with Gasteiger partial charge in [-0.15, -0.1) is 0 Å². The van der Waals surface area contributed by atoms with Gasteiger partial charge in [0.05, 0.1) is 6.67 Å². The van der Waals surface area contributed by atoms with Crippen molar-refractivity contribution < 1.29 is 4.39 Å². The first-order valence-corrected chi connectivity index (χ1v) is 3.66. The van der Waals surface area contributed by atoms with E-state index in [1.807, 2.05) is 30.4 Å². The minimum absolute atomic E-state index is 0.0143. The molecule has 0 bridgehead atoms. The van der Waals surface area contributed by atoms with Crippen molar-refractivity contribution >= 4 is 6.08 Å². The molecule has 1 aliphatic rings. The molecule has 0 heterocycles. The normalized spacial score (nSPS) is 20.3. The lowest BCUT2D eigenvalue weighted by Crippen LogP contribution is -1.93. The Labute approximate surface area is 65.4 Å². The van der Waals surface area contributed by atoms with Gasteiger partial charge in [-0.05, 0) is 23.3 Å². The van der Waals surface area contributed by atoms with Crippen LogP contribution in [0.1, 0.15) is 17.0 Å². The van der Waals surface area contributed by atoms with E-state index in [-0.39, 0.29) is 12.6 Å². The van der Waals surface area contributed by atoms with Crippen molar-refractivity contribution in [1.82, 2.24) is 0 Å². The minimum Gasteiger partial charge on any atom is -0.250 e. The first kappa shape index (κ1) is 6.59. The van der Waals surface area contributed by atoms with Crippen LogP contribution in [-0.2, 0) is 0 Å². The lowest BCUT2D eigenvalue weighted by Gasteiger charge is -2.03. The number of hydrogen-bond acceptors (Lipinski definition) is 0. The van der Waals surface area contributed by atoms with E-state index in [0.29, 0.717) is 0 Å². The maximum Gasteiger partial charge on any atom is 0.0997 e. The smallest absolute Gasteiger partial charge is 0.0997 e. The van der Waals surface area contributed by atoms with Crippen molar-refractivity contribution in [2.45, 2.75) is 5.92 Å². The Balaban J connectivity index is 2.46. The molecule has 0 spiro atoms. The SMILES string of the molecule is FCC1C=Cc2c[c]ccc21. The molecule has 0 nitrogen and oxygen atoms in total. The van der Waals surface area contributed by atoms with Crippen molar-refractivity contribution in [1.29, 1.82) is 0 Å². The summed E-state index contributed by atoms with van der Waals surface area (Å²) in [4.78, 5) is 0. The van der Waals surface area contributed by atoms with Gasteiger partial charge in [0, 0.05) is 5.92 Å². The highest BCUT2D eigenvalue weighted by atomic mass is 19.1. The number of alkyl halides is 1. The predicted octanol–water partition coefficient (Wildman–Crippen LogP) is 2.57. The Bertz CT molecular complexity index is 289. The zero-order chi connectivity index (χ0) is 7.68. The van der Waals surface area contributed by atoms with Crippen LogP contribution in [0.4, 0.5) is 4.39 Å². The van der Waals surface area contributed by atoms with Gasteiger partial charge >= 0.3 is 0 Å². The Kier molecular flexibility index (Phi) is 1.50. The molecule has 1 radical (unpaired) electrons. The number of allylic oxidation sites excluding steroid dienone is 1. The van der Waals surface area contributed by atoms with Gasteiger partial charge in [0.2, 0.25) is 0 Å². The third kappa shape index (κ3) is 0.967. The molecule has 0 aromatic heterocycles. The molecule has 0 N–H and O–H groups in total. The molecule has 0 fully saturated rings. The van der Waals surface area contributed by atoms with E-state index in [1.165, 1.54) is 0 Å². The molecule has 1 unspecified atom stereocenters. The van der Waals surface area contributed by atoms with Crippen LogP contribution in [0.5, 0.6) is 0 Å². The Morgan fingerprint density at radius 2 is 2.45 bits per heavy atom.